The summed E-state index contributed by atoms with van der Waals surface area (Å²) < 4.78 is 5.46. The van der Waals surface area contributed by atoms with Crippen LogP contribution in [0.3, 0.4) is 0 Å². The standard InChI is InChI=1S/C24H23NO3/c26-23(17-20-12-6-2-7-13-20)28-18-22(16-19-10-4-1-5-11-19)25-24(27)21-14-8-3-9-15-21/h1-15,22H,16-18H2,(H,25,27)/t22-/m0/s1. The van der Waals surface area contributed by atoms with Gasteiger partial charge >= 0.3 is 5.97 Å². The van der Waals surface area contributed by atoms with Crippen molar-refractivity contribution in [1.29, 1.82) is 0 Å². The van der Waals surface area contributed by atoms with E-state index >= 15 is 0 Å². The van der Waals surface area contributed by atoms with Crippen LogP contribution in [0.2, 0.25) is 0 Å². The van der Waals surface area contributed by atoms with Gasteiger partial charge in [0.25, 0.3) is 5.91 Å². The summed E-state index contributed by atoms with van der Waals surface area (Å²) in [6.07, 6.45) is 0.795. The normalized spacial score (nSPS) is 11.4. The van der Waals surface area contributed by atoms with Crippen LogP contribution in [0.15, 0.2) is 91.0 Å². The highest BCUT2D eigenvalue weighted by atomic mass is 16.5. The topological polar surface area (TPSA) is 55.4 Å². The summed E-state index contributed by atoms with van der Waals surface area (Å²) in [6, 6.07) is 28.0. The predicted octanol–water partition coefficient (Wildman–Crippen LogP) is 3.81. The van der Waals surface area contributed by atoms with E-state index in [0.717, 1.165) is 11.1 Å². The molecule has 0 aliphatic heterocycles. The largest absolute Gasteiger partial charge is 0.463 e. The van der Waals surface area contributed by atoms with Gasteiger partial charge in [-0.3, -0.25) is 9.59 Å². The van der Waals surface area contributed by atoms with Crippen molar-refractivity contribution in [1.82, 2.24) is 5.32 Å². The Balaban J connectivity index is 1.62. The lowest BCUT2D eigenvalue weighted by atomic mass is 10.1. The van der Waals surface area contributed by atoms with Crippen molar-refractivity contribution in [2.75, 3.05) is 6.61 Å². The Hall–Kier alpha value is -3.40. The van der Waals surface area contributed by atoms with Crippen LogP contribution < -0.4 is 5.32 Å². The molecule has 0 radical (unpaired) electrons. The van der Waals surface area contributed by atoms with Gasteiger partial charge in [-0.15, -0.1) is 0 Å². The first-order chi connectivity index (χ1) is 13.7. The third-order valence-corrected chi connectivity index (χ3v) is 4.33. The SMILES string of the molecule is O=C(Cc1ccccc1)OC[C@H](Cc1ccccc1)NC(=O)c1ccccc1. The summed E-state index contributed by atoms with van der Waals surface area (Å²) in [7, 11) is 0. The minimum atomic E-state index is -0.310. The van der Waals surface area contributed by atoms with Gasteiger partial charge in [0.2, 0.25) is 0 Å². The Morgan fingerprint density at radius 2 is 1.29 bits per heavy atom. The number of ether oxygens (including phenoxy) is 1. The molecule has 4 nitrogen and oxygen atoms in total. The lowest BCUT2D eigenvalue weighted by Gasteiger charge is -2.19. The average Bonchev–Trinajstić information content (AvgIpc) is 2.74. The molecule has 0 bridgehead atoms. The fourth-order valence-corrected chi connectivity index (χ4v) is 2.92. The van der Waals surface area contributed by atoms with E-state index in [4.69, 9.17) is 4.74 Å². The summed E-state index contributed by atoms with van der Waals surface area (Å²) >= 11 is 0. The molecular weight excluding hydrogens is 350 g/mol. The lowest BCUT2D eigenvalue weighted by Crippen LogP contribution is -2.40. The first kappa shape index (κ1) is 19.4. The number of nitrogens with one attached hydrogen (secondary N) is 1. The van der Waals surface area contributed by atoms with Crippen LogP contribution in [-0.4, -0.2) is 24.5 Å². The minimum absolute atomic E-state index is 0.124. The highest BCUT2D eigenvalue weighted by Crippen LogP contribution is 2.07. The molecule has 0 saturated heterocycles. The quantitative estimate of drug-likeness (QED) is 0.611. The van der Waals surface area contributed by atoms with Crippen LogP contribution in [0, 0.1) is 0 Å². The Morgan fingerprint density at radius 1 is 0.750 bits per heavy atom. The number of rotatable bonds is 8. The van der Waals surface area contributed by atoms with Crippen LogP contribution >= 0.6 is 0 Å². The summed E-state index contributed by atoms with van der Waals surface area (Å²) in [5.74, 6) is -0.487. The fourth-order valence-electron chi connectivity index (χ4n) is 2.92. The van der Waals surface area contributed by atoms with E-state index in [0.29, 0.717) is 12.0 Å². The number of esters is 1. The molecule has 0 aromatic heterocycles. The molecule has 0 heterocycles. The van der Waals surface area contributed by atoms with E-state index in [1.54, 1.807) is 12.1 Å². The van der Waals surface area contributed by atoms with E-state index in [1.807, 2.05) is 78.9 Å². The van der Waals surface area contributed by atoms with Crippen molar-refractivity contribution in [3.63, 3.8) is 0 Å². The highest BCUT2D eigenvalue weighted by Gasteiger charge is 2.17. The molecular formula is C24H23NO3. The number of carbonyl (C=O) groups is 2. The van der Waals surface area contributed by atoms with Crippen LogP contribution in [0.4, 0.5) is 0 Å². The van der Waals surface area contributed by atoms with E-state index in [9.17, 15) is 9.59 Å². The predicted molar refractivity (Wildman–Crippen MR) is 109 cm³/mol. The molecule has 1 atom stereocenters. The smallest absolute Gasteiger partial charge is 0.310 e. The van der Waals surface area contributed by atoms with Crippen molar-refractivity contribution in [3.8, 4) is 0 Å². The van der Waals surface area contributed by atoms with Crippen LogP contribution in [0.1, 0.15) is 21.5 Å². The Morgan fingerprint density at radius 3 is 1.89 bits per heavy atom. The molecule has 28 heavy (non-hydrogen) atoms. The number of hydrogen-bond acceptors (Lipinski definition) is 3. The van der Waals surface area contributed by atoms with Crippen LogP contribution in [0.25, 0.3) is 0 Å². The van der Waals surface area contributed by atoms with Gasteiger partial charge in [-0.2, -0.15) is 0 Å². The zero-order chi connectivity index (χ0) is 19.6. The molecule has 1 N–H and O–H groups in total. The summed E-state index contributed by atoms with van der Waals surface area (Å²) in [4.78, 5) is 24.7. The van der Waals surface area contributed by atoms with Crippen molar-refractivity contribution in [3.05, 3.63) is 108 Å². The van der Waals surface area contributed by atoms with Gasteiger partial charge in [-0.1, -0.05) is 78.9 Å². The molecule has 0 saturated carbocycles. The van der Waals surface area contributed by atoms with Gasteiger partial charge in [0.15, 0.2) is 0 Å². The monoisotopic (exact) mass is 373 g/mol. The Bertz CT molecular complexity index is 879. The maximum Gasteiger partial charge on any atom is 0.310 e. The zero-order valence-corrected chi connectivity index (χ0v) is 15.6. The van der Waals surface area contributed by atoms with Gasteiger partial charge in [0, 0.05) is 5.56 Å². The number of amides is 1. The summed E-state index contributed by atoms with van der Waals surface area (Å²) in [6.45, 7) is 0.124. The third-order valence-electron chi connectivity index (χ3n) is 4.33. The van der Waals surface area contributed by atoms with E-state index in [1.165, 1.54) is 0 Å². The molecule has 142 valence electrons. The molecule has 0 aliphatic carbocycles. The number of benzene rings is 3. The van der Waals surface area contributed by atoms with Crippen molar-refractivity contribution in [2.45, 2.75) is 18.9 Å². The van der Waals surface area contributed by atoms with Crippen LogP contribution in [0.5, 0.6) is 0 Å². The van der Waals surface area contributed by atoms with E-state index < -0.39 is 0 Å². The molecule has 1 amide bonds. The van der Waals surface area contributed by atoms with Gasteiger partial charge in [-0.25, -0.2) is 0 Å². The second kappa shape index (κ2) is 10.1. The molecule has 3 rings (SSSR count). The molecule has 0 aliphatic rings. The zero-order valence-electron chi connectivity index (χ0n) is 15.6. The Labute approximate surface area is 165 Å². The van der Waals surface area contributed by atoms with Gasteiger partial charge in [0.05, 0.1) is 12.5 Å². The third kappa shape index (κ3) is 6.09. The van der Waals surface area contributed by atoms with Gasteiger partial charge in [-0.05, 0) is 29.7 Å². The average molecular weight is 373 g/mol. The summed E-state index contributed by atoms with van der Waals surface area (Å²) in [5, 5.41) is 2.98. The molecule has 4 heteroatoms. The minimum Gasteiger partial charge on any atom is -0.463 e. The lowest BCUT2D eigenvalue weighted by molar-refractivity contribution is -0.143. The van der Waals surface area contributed by atoms with Crippen LogP contribution in [-0.2, 0) is 22.4 Å². The number of hydrogen-bond donors (Lipinski definition) is 1. The molecule has 0 unspecified atom stereocenters. The van der Waals surface area contributed by atoms with Crippen molar-refractivity contribution < 1.29 is 14.3 Å². The maximum atomic E-state index is 12.5. The second-order valence-corrected chi connectivity index (χ2v) is 6.57. The molecule has 0 spiro atoms. The summed E-state index contributed by atoms with van der Waals surface area (Å²) in [5.41, 5.74) is 2.55. The molecule has 0 fully saturated rings. The highest BCUT2D eigenvalue weighted by molar-refractivity contribution is 5.94. The molecule has 3 aromatic rings. The Kier molecular flexibility index (Phi) is 6.96. The van der Waals surface area contributed by atoms with Crippen molar-refractivity contribution in [2.24, 2.45) is 0 Å². The molecule has 3 aromatic carbocycles. The van der Waals surface area contributed by atoms with Gasteiger partial charge in [0.1, 0.15) is 6.61 Å². The second-order valence-electron chi connectivity index (χ2n) is 6.57. The van der Waals surface area contributed by atoms with Crippen molar-refractivity contribution >= 4 is 11.9 Å². The van der Waals surface area contributed by atoms with E-state index in [-0.39, 0.29) is 30.9 Å². The fraction of sp³-hybridized carbons (Fsp3) is 0.167. The van der Waals surface area contributed by atoms with Gasteiger partial charge < -0.3 is 10.1 Å². The number of carbonyl (C=O) groups excluding carboxylic acids is 2. The first-order valence-corrected chi connectivity index (χ1v) is 9.30. The van der Waals surface area contributed by atoms with E-state index in [2.05, 4.69) is 5.32 Å². The first-order valence-electron chi connectivity index (χ1n) is 9.30. The maximum absolute atomic E-state index is 12.5.